The van der Waals surface area contributed by atoms with Gasteiger partial charge in [-0.1, -0.05) is 24.3 Å². The van der Waals surface area contributed by atoms with Gasteiger partial charge in [0.05, 0.1) is 18.7 Å². The summed E-state index contributed by atoms with van der Waals surface area (Å²) in [6.07, 6.45) is 0.794. The summed E-state index contributed by atoms with van der Waals surface area (Å²) in [6, 6.07) is 21.7. The Kier molecular flexibility index (Phi) is 7.79. The van der Waals surface area contributed by atoms with Crippen LogP contribution >= 0.6 is 12.2 Å². The number of H-pyrrole nitrogens is 1. The fourth-order valence-electron chi connectivity index (χ4n) is 4.51. The van der Waals surface area contributed by atoms with Crippen LogP contribution in [0.2, 0.25) is 0 Å². The van der Waals surface area contributed by atoms with Gasteiger partial charge in [-0.2, -0.15) is 0 Å². The van der Waals surface area contributed by atoms with Gasteiger partial charge in [-0.3, -0.25) is 4.79 Å². The molecule has 1 aliphatic rings. The van der Waals surface area contributed by atoms with Gasteiger partial charge < -0.3 is 29.4 Å². The number of hydrogen-bond acceptors (Lipinski definition) is 5. The lowest BCUT2D eigenvalue weighted by Gasteiger charge is -2.26. The molecule has 0 unspecified atom stereocenters. The van der Waals surface area contributed by atoms with Crippen molar-refractivity contribution in [1.82, 2.24) is 9.88 Å². The number of anilines is 1. The molecule has 2 heterocycles. The van der Waals surface area contributed by atoms with Crippen molar-refractivity contribution in [2.24, 2.45) is 0 Å². The zero-order chi connectivity index (χ0) is 26.5. The highest BCUT2D eigenvalue weighted by Gasteiger charge is 2.17. The lowest BCUT2D eigenvalue weighted by Crippen LogP contribution is -2.37. The predicted molar refractivity (Wildman–Crippen MR) is 155 cm³/mol. The normalized spacial score (nSPS) is 12.3. The van der Waals surface area contributed by atoms with E-state index < -0.39 is 0 Å². The first-order valence-electron chi connectivity index (χ1n) is 12.8. The Labute approximate surface area is 227 Å². The molecule has 8 heteroatoms. The van der Waals surface area contributed by atoms with Crippen LogP contribution in [0.3, 0.4) is 0 Å². The molecule has 2 N–H and O–H groups in total. The lowest BCUT2D eigenvalue weighted by molar-refractivity contribution is 0.172. The molecule has 0 spiro atoms. The summed E-state index contributed by atoms with van der Waals surface area (Å²) in [7, 11) is 0. The molecule has 5 rings (SSSR count). The van der Waals surface area contributed by atoms with Crippen LogP contribution in [0.25, 0.3) is 10.9 Å². The van der Waals surface area contributed by atoms with Crippen LogP contribution in [0, 0.1) is 6.92 Å². The van der Waals surface area contributed by atoms with Crippen molar-refractivity contribution in [2.75, 3.05) is 31.7 Å². The average molecular weight is 530 g/mol. The van der Waals surface area contributed by atoms with E-state index >= 15 is 0 Å². The van der Waals surface area contributed by atoms with E-state index in [0.29, 0.717) is 60.6 Å². The molecule has 7 nitrogen and oxygen atoms in total. The first kappa shape index (κ1) is 25.6. The summed E-state index contributed by atoms with van der Waals surface area (Å²) >= 11 is 5.84. The Morgan fingerprint density at radius 1 is 1.03 bits per heavy atom. The third-order valence-electron chi connectivity index (χ3n) is 6.56. The topological polar surface area (TPSA) is 75.8 Å². The zero-order valence-corrected chi connectivity index (χ0v) is 22.4. The minimum atomic E-state index is -0.154. The molecule has 0 aliphatic carbocycles. The molecule has 0 atom stereocenters. The van der Waals surface area contributed by atoms with Crippen molar-refractivity contribution >= 4 is 33.9 Å². The van der Waals surface area contributed by atoms with Crippen LogP contribution in [0.15, 0.2) is 71.5 Å². The number of nitrogens with zero attached hydrogens (tertiary/aromatic N) is 1. The van der Waals surface area contributed by atoms with E-state index in [-0.39, 0.29) is 5.56 Å². The van der Waals surface area contributed by atoms with Crippen molar-refractivity contribution in [3.63, 3.8) is 0 Å². The number of pyridine rings is 1. The largest absolute Gasteiger partial charge is 0.494 e. The Balaban J connectivity index is 1.40. The van der Waals surface area contributed by atoms with E-state index in [1.165, 1.54) is 11.1 Å². The van der Waals surface area contributed by atoms with Crippen molar-refractivity contribution in [3.05, 3.63) is 93.8 Å². The number of hydrogen-bond donors (Lipinski definition) is 2. The average Bonchev–Trinajstić information content (AvgIpc) is 2.92. The maximum atomic E-state index is 13.1. The SMILES string of the molecule is CCOc1ccc(NC(=S)N(CCc2ccccc2C)Cc2cc3cc4c(cc3[nH]c2=O)OCCO4)cc1. The van der Waals surface area contributed by atoms with Gasteiger partial charge >= 0.3 is 0 Å². The number of aromatic amines is 1. The van der Waals surface area contributed by atoms with Crippen molar-refractivity contribution < 1.29 is 14.2 Å². The van der Waals surface area contributed by atoms with Crippen LogP contribution in [-0.4, -0.2) is 41.4 Å². The first-order chi connectivity index (χ1) is 18.5. The minimum absolute atomic E-state index is 0.154. The number of nitrogens with one attached hydrogen (secondary N) is 2. The number of rotatable bonds is 8. The van der Waals surface area contributed by atoms with E-state index in [2.05, 4.69) is 29.4 Å². The highest BCUT2D eigenvalue weighted by atomic mass is 32.1. The maximum Gasteiger partial charge on any atom is 0.253 e. The predicted octanol–water partition coefficient (Wildman–Crippen LogP) is 5.45. The third-order valence-corrected chi connectivity index (χ3v) is 6.92. The fraction of sp³-hybridized carbons (Fsp3) is 0.267. The molecular formula is C30H31N3O4S. The third kappa shape index (κ3) is 5.92. The number of thiocarbonyl (C=S) groups is 1. The van der Waals surface area contributed by atoms with Crippen molar-refractivity contribution in [2.45, 2.75) is 26.8 Å². The molecular weight excluding hydrogens is 498 g/mol. The Morgan fingerprint density at radius 3 is 2.50 bits per heavy atom. The quantitative estimate of drug-likeness (QED) is 0.294. The second-order valence-corrected chi connectivity index (χ2v) is 9.58. The summed E-state index contributed by atoms with van der Waals surface area (Å²) in [5, 5.41) is 4.76. The standard InChI is InChI=1S/C30H31N3O4S/c1-3-35-25-10-8-24(9-11-25)31-30(38)33(13-12-21-7-5-4-6-20(21)2)19-23-16-22-17-27-28(37-15-14-36-27)18-26(22)32-29(23)34/h4-11,16-18H,3,12-15,19H2,1-2H3,(H,31,38)(H,32,34). The summed E-state index contributed by atoms with van der Waals surface area (Å²) in [5.74, 6) is 2.14. The number of ether oxygens (including phenoxy) is 3. The van der Waals surface area contributed by atoms with Crippen molar-refractivity contribution in [3.8, 4) is 17.2 Å². The molecule has 0 amide bonds. The summed E-state index contributed by atoms with van der Waals surface area (Å²) in [5.41, 5.74) is 4.51. The number of aryl methyl sites for hydroxylation is 1. The molecule has 0 fully saturated rings. The molecule has 1 aromatic heterocycles. The second kappa shape index (κ2) is 11.6. The van der Waals surface area contributed by atoms with Gasteiger partial charge in [-0.05, 0) is 80.0 Å². The van der Waals surface area contributed by atoms with E-state index in [9.17, 15) is 4.79 Å². The van der Waals surface area contributed by atoms with Crippen LogP contribution in [0.5, 0.6) is 17.2 Å². The van der Waals surface area contributed by atoms with Gasteiger partial charge in [0.2, 0.25) is 0 Å². The Hall–Kier alpha value is -4.04. The first-order valence-corrected chi connectivity index (χ1v) is 13.2. The lowest BCUT2D eigenvalue weighted by atomic mass is 10.1. The zero-order valence-electron chi connectivity index (χ0n) is 21.6. The van der Waals surface area contributed by atoms with Crippen LogP contribution in [0.1, 0.15) is 23.6 Å². The molecule has 196 valence electrons. The molecule has 3 aromatic carbocycles. The van der Waals surface area contributed by atoms with Crippen LogP contribution in [-0.2, 0) is 13.0 Å². The van der Waals surface area contributed by atoms with Gasteiger partial charge in [0.25, 0.3) is 5.56 Å². The summed E-state index contributed by atoms with van der Waals surface area (Å²) < 4.78 is 17.0. The molecule has 0 bridgehead atoms. The molecule has 0 radical (unpaired) electrons. The van der Waals surface area contributed by atoms with Gasteiger partial charge in [0, 0.05) is 29.2 Å². The molecule has 38 heavy (non-hydrogen) atoms. The Morgan fingerprint density at radius 2 is 1.76 bits per heavy atom. The van der Waals surface area contributed by atoms with Crippen LogP contribution in [0.4, 0.5) is 5.69 Å². The van der Waals surface area contributed by atoms with Crippen molar-refractivity contribution in [1.29, 1.82) is 0 Å². The Bertz CT molecular complexity index is 1500. The monoisotopic (exact) mass is 529 g/mol. The van der Waals surface area contributed by atoms with E-state index in [4.69, 9.17) is 26.4 Å². The number of fused-ring (bicyclic) bond motifs is 2. The number of benzene rings is 3. The molecule has 0 saturated carbocycles. The van der Waals surface area contributed by atoms with E-state index in [1.54, 1.807) is 0 Å². The maximum absolute atomic E-state index is 13.1. The van der Waals surface area contributed by atoms with E-state index in [1.807, 2.05) is 66.4 Å². The number of aromatic nitrogens is 1. The highest BCUT2D eigenvalue weighted by molar-refractivity contribution is 7.80. The van der Waals surface area contributed by atoms with Gasteiger partial charge in [-0.25, -0.2) is 0 Å². The minimum Gasteiger partial charge on any atom is -0.494 e. The molecule has 0 saturated heterocycles. The van der Waals surface area contributed by atoms with Crippen LogP contribution < -0.4 is 25.1 Å². The smallest absolute Gasteiger partial charge is 0.253 e. The summed E-state index contributed by atoms with van der Waals surface area (Å²) in [4.78, 5) is 18.2. The van der Waals surface area contributed by atoms with Gasteiger partial charge in [-0.15, -0.1) is 0 Å². The highest BCUT2D eigenvalue weighted by Crippen LogP contribution is 2.33. The molecule has 4 aromatic rings. The fourth-order valence-corrected chi connectivity index (χ4v) is 4.79. The van der Waals surface area contributed by atoms with Gasteiger partial charge in [0.1, 0.15) is 19.0 Å². The second-order valence-electron chi connectivity index (χ2n) is 9.19. The van der Waals surface area contributed by atoms with E-state index in [0.717, 1.165) is 23.2 Å². The van der Waals surface area contributed by atoms with Gasteiger partial charge in [0.15, 0.2) is 16.6 Å². The molecule has 1 aliphatic heterocycles. The summed E-state index contributed by atoms with van der Waals surface area (Å²) in [6.45, 7) is 6.68.